The van der Waals surface area contributed by atoms with Crippen LogP contribution < -0.4 is 0 Å². The highest BCUT2D eigenvalue weighted by Gasteiger charge is 2.09. The van der Waals surface area contributed by atoms with Crippen LogP contribution in [0.2, 0.25) is 5.02 Å². The third-order valence-electron chi connectivity index (χ3n) is 2.99. The van der Waals surface area contributed by atoms with E-state index in [9.17, 15) is 0 Å². The summed E-state index contributed by atoms with van der Waals surface area (Å²) >= 11 is 6.15. The molecule has 0 radical (unpaired) electrons. The van der Waals surface area contributed by atoms with Gasteiger partial charge in [0.2, 0.25) is 0 Å². The summed E-state index contributed by atoms with van der Waals surface area (Å²) in [5, 5.41) is 9.02. The molecule has 0 bridgehead atoms. The summed E-state index contributed by atoms with van der Waals surface area (Å²) in [6, 6.07) is 7.90. The van der Waals surface area contributed by atoms with Gasteiger partial charge >= 0.3 is 0 Å². The third-order valence-corrected chi connectivity index (χ3v) is 3.36. The molecule has 96 valence electrons. The maximum Gasteiger partial charge on any atom is 0.146 e. The number of aromatic nitrogens is 3. The van der Waals surface area contributed by atoms with Crippen LogP contribution in [0.5, 0.6) is 0 Å². The maximum absolute atomic E-state index is 6.15. The lowest BCUT2D eigenvalue weighted by atomic mass is 10.2. The van der Waals surface area contributed by atoms with Gasteiger partial charge in [0.25, 0.3) is 0 Å². The summed E-state index contributed by atoms with van der Waals surface area (Å²) in [5.41, 5.74) is 1.13. The van der Waals surface area contributed by atoms with Gasteiger partial charge in [-0.3, -0.25) is 4.90 Å². The summed E-state index contributed by atoms with van der Waals surface area (Å²) in [5.74, 6) is 1.89. The van der Waals surface area contributed by atoms with Crippen LogP contribution in [0.25, 0.3) is 0 Å². The fraction of sp³-hybridized carbons (Fsp3) is 0.385. The van der Waals surface area contributed by atoms with Crippen molar-refractivity contribution in [2.45, 2.75) is 20.0 Å². The Bertz CT molecular complexity index is 536. The Morgan fingerprint density at radius 3 is 2.56 bits per heavy atom. The average molecular weight is 265 g/mol. The zero-order valence-corrected chi connectivity index (χ0v) is 11.6. The second-order valence-corrected chi connectivity index (χ2v) is 4.89. The van der Waals surface area contributed by atoms with Gasteiger partial charge in [-0.2, -0.15) is 0 Å². The topological polar surface area (TPSA) is 34.0 Å². The summed E-state index contributed by atoms with van der Waals surface area (Å²) < 4.78 is 2.00. The average Bonchev–Trinajstić information content (AvgIpc) is 2.64. The second kappa shape index (κ2) is 5.50. The Morgan fingerprint density at radius 1 is 1.22 bits per heavy atom. The monoisotopic (exact) mass is 264 g/mol. The van der Waals surface area contributed by atoms with Gasteiger partial charge in [0.1, 0.15) is 11.6 Å². The van der Waals surface area contributed by atoms with Crippen LogP contribution in [-0.2, 0) is 20.1 Å². The minimum atomic E-state index is 0.753. The van der Waals surface area contributed by atoms with E-state index in [0.717, 1.165) is 35.3 Å². The van der Waals surface area contributed by atoms with Crippen molar-refractivity contribution in [3.63, 3.8) is 0 Å². The molecule has 0 N–H and O–H groups in total. The molecule has 0 aliphatic rings. The number of hydrogen-bond acceptors (Lipinski definition) is 3. The van der Waals surface area contributed by atoms with Crippen LogP contribution in [0.3, 0.4) is 0 Å². The van der Waals surface area contributed by atoms with Crippen molar-refractivity contribution in [2.75, 3.05) is 7.05 Å². The molecule has 0 saturated heterocycles. The van der Waals surface area contributed by atoms with E-state index in [1.165, 1.54) is 0 Å². The number of halogens is 1. The number of nitrogens with zero attached hydrogens (tertiary/aromatic N) is 4. The Morgan fingerprint density at radius 2 is 1.94 bits per heavy atom. The molecule has 4 nitrogen and oxygen atoms in total. The molecule has 18 heavy (non-hydrogen) atoms. The molecule has 0 fully saturated rings. The molecule has 2 rings (SSSR count). The lowest BCUT2D eigenvalue weighted by Gasteiger charge is -2.16. The van der Waals surface area contributed by atoms with E-state index >= 15 is 0 Å². The van der Waals surface area contributed by atoms with E-state index in [-0.39, 0.29) is 0 Å². The molecule has 5 heteroatoms. The van der Waals surface area contributed by atoms with E-state index in [1.54, 1.807) is 0 Å². The van der Waals surface area contributed by atoms with Crippen molar-refractivity contribution in [3.8, 4) is 0 Å². The molecular formula is C13H17ClN4. The van der Waals surface area contributed by atoms with Gasteiger partial charge in [-0.15, -0.1) is 10.2 Å². The van der Waals surface area contributed by atoms with Gasteiger partial charge in [0.05, 0.1) is 6.54 Å². The molecule has 2 aromatic rings. The van der Waals surface area contributed by atoms with Crippen molar-refractivity contribution in [2.24, 2.45) is 7.05 Å². The zero-order valence-electron chi connectivity index (χ0n) is 10.9. The van der Waals surface area contributed by atoms with Gasteiger partial charge in [0.15, 0.2) is 0 Å². The first-order valence-electron chi connectivity index (χ1n) is 5.84. The normalized spacial score (nSPS) is 11.2. The second-order valence-electron chi connectivity index (χ2n) is 4.49. The molecule has 0 unspecified atom stereocenters. The molecule has 0 aliphatic carbocycles. The number of benzene rings is 1. The van der Waals surface area contributed by atoms with Crippen LogP contribution in [0, 0.1) is 6.92 Å². The number of rotatable bonds is 4. The molecular weight excluding hydrogens is 248 g/mol. The third kappa shape index (κ3) is 2.89. The summed E-state index contributed by atoms with van der Waals surface area (Å²) in [7, 11) is 4.03. The van der Waals surface area contributed by atoms with Crippen molar-refractivity contribution in [3.05, 3.63) is 46.5 Å². The van der Waals surface area contributed by atoms with E-state index in [2.05, 4.69) is 15.1 Å². The van der Waals surface area contributed by atoms with Crippen LogP contribution in [-0.4, -0.2) is 26.7 Å². The Hall–Kier alpha value is -1.39. The van der Waals surface area contributed by atoms with Gasteiger partial charge in [0, 0.05) is 18.6 Å². The van der Waals surface area contributed by atoms with Crippen molar-refractivity contribution < 1.29 is 0 Å². The first-order valence-corrected chi connectivity index (χ1v) is 6.22. The molecule has 0 saturated carbocycles. The minimum Gasteiger partial charge on any atom is -0.317 e. The summed E-state index contributed by atoms with van der Waals surface area (Å²) in [4.78, 5) is 2.17. The molecule has 1 heterocycles. The lowest BCUT2D eigenvalue weighted by Crippen LogP contribution is -2.20. The fourth-order valence-corrected chi connectivity index (χ4v) is 2.00. The highest BCUT2D eigenvalue weighted by atomic mass is 35.5. The Labute approximate surface area is 112 Å². The van der Waals surface area contributed by atoms with Gasteiger partial charge in [-0.25, -0.2) is 0 Å². The van der Waals surface area contributed by atoms with Crippen LogP contribution in [0.1, 0.15) is 17.2 Å². The number of hydrogen-bond donors (Lipinski definition) is 0. The molecule has 1 aromatic carbocycles. The summed E-state index contributed by atoms with van der Waals surface area (Å²) in [6.07, 6.45) is 0. The lowest BCUT2D eigenvalue weighted by molar-refractivity contribution is 0.306. The van der Waals surface area contributed by atoms with Crippen LogP contribution >= 0.6 is 11.6 Å². The van der Waals surface area contributed by atoms with E-state index in [0.29, 0.717) is 0 Å². The predicted octanol–water partition coefficient (Wildman–Crippen LogP) is 2.41. The van der Waals surface area contributed by atoms with Crippen LogP contribution in [0.4, 0.5) is 0 Å². The zero-order chi connectivity index (χ0) is 13.1. The SMILES string of the molecule is Cc1nnc(CN(C)Cc2ccccc2Cl)n1C. The van der Waals surface area contributed by atoms with Gasteiger partial charge in [-0.1, -0.05) is 29.8 Å². The Kier molecular flexibility index (Phi) is 3.99. The van der Waals surface area contributed by atoms with E-state index in [4.69, 9.17) is 11.6 Å². The molecule has 0 aliphatic heterocycles. The highest BCUT2D eigenvalue weighted by molar-refractivity contribution is 6.31. The van der Waals surface area contributed by atoms with Crippen molar-refractivity contribution >= 4 is 11.6 Å². The van der Waals surface area contributed by atoms with E-state index < -0.39 is 0 Å². The Balaban J connectivity index is 2.03. The molecule has 1 aromatic heterocycles. The van der Waals surface area contributed by atoms with Crippen molar-refractivity contribution in [1.82, 2.24) is 19.7 Å². The predicted molar refractivity (Wildman–Crippen MR) is 72.4 cm³/mol. The fourth-order valence-electron chi connectivity index (χ4n) is 1.80. The first kappa shape index (κ1) is 13.1. The smallest absolute Gasteiger partial charge is 0.146 e. The van der Waals surface area contributed by atoms with E-state index in [1.807, 2.05) is 49.9 Å². The molecule has 0 spiro atoms. The van der Waals surface area contributed by atoms with Gasteiger partial charge < -0.3 is 4.57 Å². The highest BCUT2D eigenvalue weighted by Crippen LogP contribution is 2.17. The largest absolute Gasteiger partial charge is 0.317 e. The summed E-state index contributed by atoms with van der Waals surface area (Å²) in [6.45, 7) is 3.50. The van der Waals surface area contributed by atoms with Crippen molar-refractivity contribution in [1.29, 1.82) is 0 Å². The van der Waals surface area contributed by atoms with Crippen LogP contribution in [0.15, 0.2) is 24.3 Å². The van der Waals surface area contributed by atoms with Gasteiger partial charge in [-0.05, 0) is 25.6 Å². The maximum atomic E-state index is 6.15. The standard InChI is InChI=1S/C13H17ClN4/c1-10-15-16-13(18(10)3)9-17(2)8-11-6-4-5-7-12(11)14/h4-7H,8-9H2,1-3H3. The molecule has 0 atom stereocenters. The minimum absolute atomic E-state index is 0.753. The number of aryl methyl sites for hydroxylation is 1. The first-order chi connectivity index (χ1) is 8.58. The quantitative estimate of drug-likeness (QED) is 0.850. The molecule has 0 amide bonds.